The molecule has 1 amide bonds. The van der Waals surface area contributed by atoms with Gasteiger partial charge in [0.05, 0.1) is 12.3 Å². The molecular formula is C31H38ClN2O3S-. The van der Waals surface area contributed by atoms with E-state index in [1.165, 1.54) is 24.0 Å². The summed E-state index contributed by atoms with van der Waals surface area (Å²) >= 11 is 6.39. The Balaban J connectivity index is 1.59. The van der Waals surface area contributed by atoms with Gasteiger partial charge in [-0.1, -0.05) is 54.8 Å². The highest BCUT2D eigenvalue weighted by molar-refractivity contribution is 7.75. The highest BCUT2D eigenvalue weighted by Gasteiger charge is 2.32. The van der Waals surface area contributed by atoms with Crippen molar-refractivity contribution in [3.05, 3.63) is 70.3 Å². The third-order valence-electron chi connectivity index (χ3n) is 8.61. The smallest absolute Gasteiger partial charge is 0.254 e. The van der Waals surface area contributed by atoms with Crippen molar-refractivity contribution >= 4 is 33.8 Å². The number of anilines is 1. The standard InChI is InChI=1S/C31H38ClN2O3S/c1-21-7-3-4-8-23-10-11-26(23)19-34-20-27-12-14-28(32)17-24(27)9-5-6-16-37-30-15-13-25(18-29(30)34)31(35)33-38(36)22(21)2/h3-4,12-15,17-18,21-23,26H,5-11,16,19-20H2,1-2H3/q-1/b4-3-/t21-,22+,23+,26-/m0/s1. The largest absolute Gasteiger partial charge is 0.491 e. The fourth-order valence-electron chi connectivity index (χ4n) is 5.72. The number of hydrogen-bond donors (Lipinski definition) is 0. The summed E-state index contributed by atoms with van der Waals surface area (Å²) in [6, 6.07) is 11.8. The van der Waals surface area contributed by atoms with Crippen molar-refractivity contribution in [1.82, 2.24) is 0 Å². The molecule has 2 aromatic rings. The van der Waals surface area contributed by atoms with E-state index in [4.69, 9.17) is 16.3 Å². The van der Waals surface area contributed by atoms with E-state index in [-0.39, 0.29) is 11.2 Å². The maximum atomic E-state index is 13.2. The first-order valence-electron chi connectivity index (χ1n) is 14.0. The highest BCUT2D eigenvalue weighted by atomic mass is 35.5. The van der Waals surface area contributed by atoms with Crippen molar-refractivity contribution in [2.75, 3.05) is 18.1 Å². The molecule has 0 aromatic heterocycles. The lowest BCUT2D eigenvalue weighted by molar-refractivity contribution is 0.100. The van der Waals surface area contributed by atoms with Gasteiger partial charge in [-0.3, -0.25) is 4.79 Å². The van der Waals surface area contributed by atoms with Gasteiger partial charge in [-0.2, -0.15) is 10.6 Å². The first-order chi connectivity index (χ1) is 18.4. The number of aryl methyl sites for hydroxylation is 1. The first-order valence-corrected chi connectivity index (χ1v) is 15.5. The monoisotopic (exact) mass is 553 g/mol. The quantitative estimate of drug-likeness (QED) is 0.247. The average molecular weight is 554 g/mol. The molecule has 2 aliphatic heterocycles. The van der Waals surface area contributed by atoms with Crippen LogP contribution in [0.1, 0.15) is 73.9 Å². The van der Waals surface area contributed by atoms with Gasteiger partial charge in [-0.15, -0.1) is 0 Å². The summed E-state index contributed by atoms with van der Waals surface area (Å²) in [7, 11) is -1.59. The van der Waals surface area contributed by atoms with Crippen molar-refractivity contribution < 1.29 is 13.7 Å². The van der Waals surface area contributed by atoms with E-state index in [2.05, 4.69) is 40.5 Å². The van der Waals surface area contributed by atoms with Crippen LogP contribution in [0.3, 0.4) is 0 Å². The van der Waals surface area contributed by atoms with Crippen LogP contribution in [-0.2, 0) is 27.8 Å². The van der Waals surface area contributed by atoms with Crippen LogP contribution in [0.25, 0.3) is 0 Å². The molecule has 2 bridgehead atoms. The van der Waals surface area contributed by atoms with Crippen LogP contribution in [0.5, 0.6) is 5.75 Å². The van der Waals surface area contributed by atoms with Crippen LogP contribution >= 0.6 is 11.6 Å². The number of benzene rings is 2. The number of ether oxygens (including phenoxy) is 1. The second kappa shape index (κ2) is 12.3. The molecule has 0 unspecified atom stereocenters. The molecule has 0 saturated heterocycles. The van der Waals surface area contributed by atoms with E-state index in [1.54, 1.807) is 6.07 Å². The van der Waals surface area contributed by atoms with Crippen LogP contribution in [0.2, 0.25) is 5.02 Å². The molecule has 2 heterocycles. The number of amides is 1. The van der Waals surface area contributed by atoms with E-state index < -0.39 is 16.5 Å². The minimum absolute atomic E-state index is 0.179. The Labute approximate surface area is 233 Å². The predicted octanol–water partition coefficient (Wildman–Crippen LogP) is 7.75. The van der Waals surface area contributed by atoms with Crippen molar-refractivity contribution in [1.29, 1.82) is 0 Å². The Bertz CT molecular complexity index is 1290. The second-order valence-electron chi connectivity index (χ2n) is 11.2. The van der Waals surface area contributed by atoms with E-state index in [1.807, 2.05) is 25.1 Å². The summed E-state index contributed by atoms with van der Waals surface area (Å²) in [6.45, 7) is 6.24. The molecule has 5 rings (SSSR count). The van der Waals surface area contributed by atoms with E-state index in [0.717, 1.165) is 61.7 Å². The SMILES string of the molecule is C[C@@H]1[C@@H](C)C/C=C\C[C@@H]2CC[C@H]2CN2Cc3ccc(Cl)cc3CCCCOc3ccc(cc32)C(=O)N=[S-]1=O. The first kappa shape index (κ1) is 27.3. The van der Waals surface area contributed by atoms with E-state index in [9.17, 15) is 9.00 Å². The summed E-state index contributed by atoms with van der Waals surface area (Å²) in [5.74, 6) is 1.76. The minimum atomic E-state index is -1.59. The molecule has 0 radical (unpaired) electrons. The molecular weight excluding hydrogens is 516 g/mol. The van der Waals surface area contributed by atoms with Gasteiger partial charge in [0.25, 0.3) is 5.91 Å². The molecule has 3 aliphatic rings. The summed E-state index contributed by atoms with van der Waals surface area (Å²) in [5, 5.41) is 0.566. The van der Waals surface area contributed by atoms with Crippen molar-refractivity contribution in [3.63, 3.8) is 0 Å². The Morgan fingerprint density at radius 1 is 1.00 bits per heavy atom. The van der Waals surface area contributed by atoms with Crippen LogP contribution in [0.15, 0.2) is 52.9 Å². The van der Waals surface area contributed by atoms with Gasteiger partial charge < -0.3 is 18.2 Å². The zero-order valence-corrected chi connectivity index (χ0v) is 24.0. The molecule has 0 spiro atoms. The molecule has 1 aliphatic carbocycles. The molecule has 5 nitrogen and oxygen atoms in total. The summed E-state index contributed by atoms with van der Waals surface area (Å²) in [4.78, 5) is 15.6. The zero-order valence-electron chi connectivity index (χ0n) is 22.4. The normalized spacial score (nSPS) is 28.0. The summed E-state index contributed by atoms with van der Waals surface area (Å²) in [6.07, 6.45) is 11.8. The van der Waals surface area contributed by atoms with Crippen LogP contribution < -0.4 is 9.64 Å². The van der Waals surface area contributed by atoms with E-state index >= 15 is 0 Å². The fourth-order valence-corrected chi connectivity index (χ4v) is 6.85. The van der Waals surface area contributed by atoms with Gasteiger partial charge in [0, 0.05) is 23.7 Å². The molecule has 204 valence electrons. The maximum absolute atomic E-state index is 13.2. The van der Waals surface area contributed by atoms with Crippen LogP contribution in [0.4, 0.5) is 5.69 Å². The molecule has 1 fully saturated rings. The molecule has 7 heteroatoms. The predicted molar refractivity (Wildman–Crippen MR) is 155 cm³/mol. The fraction of sp³-hybridized carbons (Fsp3) is 0.516. The molecule has 1 saturated carbocycles. The Hall–Kier alpha value is -2.31. The maximum Gasteiger partial charge on any atom is 0.254 e. The number of allylic oxidation sites excluding steroid dienone is 2. The Morgan fingerprint density at radius 3 is 2.63 bits per heavy atom. The second-order valence-corrected chi connectivity index (χ2v) is 13.1. The average Bonchev–Trinajstić information content (AvgIpc) is 2.92. The van der Waals surface area contributed by atoms with Crippen LogP contribution in [0, 0.1) is 17.8 Å². The molecule has 2 aromatic carbocycles. The number of halogens is 1. The number of hydrogen-bond acceptors (Lipinski definition) is 5. The van der Waals surface area contributed by atoms with Crippen molar-refractivity contribution in [2.24, 2.45) is 22.1 Å². The zero-order chi connectivity index (χ0) is 26.6. The van der Waals surface area contributed by atoms with Gasteiger partial charge in [0.2, 0.25) is 0 Å². The third-order valence-corrected chi connectivity index (χ3v) is 10.3. The number of carbonyl (C=O) groups is 1. The molecule has 38 heavy (non-hydrogen) atoms. The third kappa shape index (κ3) is 6.28. The van der Waals surface area contributed by atoms with Gasteiger partial charge in [0.15, 0.2) is 0 Å². The molecule has 0 N–H and O–H groups in total. The minimum Gasteiger partial charge on any atom is -0.491 e. The van der Waals surface area contributed by atoms with Crippen molar-refractivity contribution in [3.8, 4) is 5.75 Å². The number of carbonyl (C=O) groups excluding carboxylic acids is 1. The Morgan fingerprint density at radius 2 is 1.82 bits per heavy atom. The number of fused-ring (bicyclic) bond motifs is 3. The summed E-state index contributed by atoms with van der Waals surface area (Å²) in [5.41, 5.74) is 3.91. The topological polar surface area (TPSA) is 59.0 Å². The Kier molecular flexibility index (Phi) is 8.79. The van der Waals surface area contributed by atoms with Gasteiger partial charge in [-0.25, -0.2) is 0 Å². The number of nitrogens with zero attached hydrogens (tertiary/aromatic N) is 2. The lowest BCUT2D eigenvalue weighted by Crippen LogP contribution is -2.38. The van der Waals surface area contributed by atoms with Crippen LogP contribution in [-0.4, -0.2) is 24.3 Å². The van der Waals surface area contributed by atoms with Crippen molar-refractivity contribution in [2.45, 2.75) is 70.6 Å². The molecule has 4 atom stereocenters. The lowest BCUT2D eigenvalue weighted by Gasteiger charge is -2.41. The van der Waals surface area contributed by atoms with Gasteiger partial charge >= 0.3 is 0 Å². The summed E-state index contributed by atoms with van der Waals surface area (Å²) < 4.78 is 23.4. The number of rotatable bonds is 0. The van der Waals surface area contributed by atoms with Gasteiger partial charge in [-0.05, 0) is 98.2 Å². The van der Waals surface area contributed by atoms with Gasteiger partial charge in [0.1, 0.15) is 5.75 Å². The lowest BCUT2D eigenvalue weighted by atomic mass is 9.71. The van der Waals surface area contributed by atoms with E-state index in [0.29, 0.717) is 24.0 Å². The highest BCUT2D eigenvalue weighted by Crippen LogP contribution is 2.41.